The molecule has 0 spiro atoms. The van der Waals surface area contributed by atoms with Crippen LogP contribution in [0.2, 0.25) is 0 Å². The molecule has 1 aliphatic heterocycles. The van der Waals surface area contributed by atoms with Crippen LogP contribution in [0.5, 0.6) is 0 Å². The number of urea groups is 1. The first kappa shape index (κ1) is 13.6. The van der Waals surface area contributed by atoms with Crippen molar-refractivity contribution in [3.05, 3.63) is 0 Å². The molecule has 2 rings (SSSR count). The molecule has 0 unspecified atom stereocenters. The van der Waals surface area contributed by atoms with Crippen LogP contribution in [0.4, 0.5) is 4.79 Å². The van der Waals surface area contributed by atoms with Crippen molar-refractivity contribution in [2.75, 3.05) is 39.3 Å². The summed E-state index contributed by atoms with van der Waals surface area (Å²) in [5.74, 6) is 0. The lowest BCUT2D eigenvalue weighted by Crippen LogP contribution is -2.53. The lowest BCUT2D eigenvalue weighted by molar-refractivity contribution is 0.137. The molecule has 1 aliphatic carbocycles. The van der Waals surface area contributed by atoms with E-state index in [9.17, 15) is 4.79 Å². The van der Waals surface area contributed by atoms with Crippen molar-refractivity contribution in [2.45, 2.75) is 38.1 Å². The number of hydrogen-bond acceptors (Lipinski definition) is 3. The highest BCUT2D eigenvalue weighted by Gasteiger charge is 2.23. The normalized spacial score (nSPS) is 22.4. The Hall–Kier alpha value is -0.810. The maximum atomic E-state index is 12.1. The second-order valence-corrected chi connectivity index (χ2v) is 5.40. The number of nitrogens with two attached hydrogens (primary N) is 1. The summed E-state index contributed by atoms with van der Waals surface area (Å²) in [5.41, 5.74) is 5.51. The van der Waals surface area contributed by atoms with Crippen molar-refractivity contribution in [3.8, 4) is 0 Å². The zero-order valence-electron chi connectivity index (χ0n) is 11.2. The van der Waals surface area contributed by atoms with Gasteiger partial charge in [-0.3, -0.25) is 4.90 Å². The predicted molar refractivity (Wildman–Crippen MR) is 72.5 cm³/mol. The first-order valence-electron chi connectivity index (χ1n) is 7.27. The van der Waals surface area contributed by atoms with Crippen LogP contribution in [0.1, 0.15) is 32.1 Å². The molecule has 5 heteroatoms. The lowest BCUT2D eigenvalue weighted by atomic mass is 10.2. The van der Waals surface area contributed by atoms with E-state index in [1.54, 1.807) is 0 Å². The van der Waals surface area contributed by atoms with Gasteiger partial charge in [0.2, 0.25) is 0 Å². The monoisotopic (exact) mass is 254 g/mol. The average molecular weight is 254 g/mol. The van der Waals surface area contributed by atoms with Crippen LogP contribution in [0.15, 0.2) is 0 Å². The van der Waals surface area contributed by atoms with Crippen LogP contribution in [-0.2, 0) is 0 Å². The van der Waals surface area contributed by atoms with Crippen molar-refractivity contribution >= 4 is 6.03 Å². The van der Waals surface area contributed by atoms with E-state index < -0.39 is 0 Å². The van der Waals surface area contributed by atoms with Gasteiger partial charge < -0.3 is 16.0 Å². The summed E-state index contributed by atoms with van der Waals surface area (Å²) in [4.78, 5) is 16.4. The molecule has 18 heavy (non-hydrogen) atoms. The molecule has 1 saturated carbocycles. The third kappa shape index (κ3) is 3.85. The Morgan fingerprint density at radius 1 is 1.17 bits per heavy atom. The molecular formula is C13H26N4O. The number of rotatable bonds is 4. The van der Waals surface area contributed by atoms with Crippen molar-refractivity contribution in [2.24, 2.45) is 5.73 Å². The SMILES string of the molecule is NCCCN1CCN(C(=O)NC2CCCC2)CC1. The Morgan fingerprint density at radius 2 is 1.83 bits per heavy atom. The van der Waals surface area contributed by atoms with Gasteiger partial charge in [0.15, 0.2) is 0 Å². The maximum absolute atomic E-state index is 12.1. The van der Waals surface area contributed by atoms with E-state index >= 15 is 0 Å². The molecule has 5 nitrogen and oxygen atoms in total. The molecule has 2 fully saturated rings. The van der Waals surface area contributed by atoms with Crippen LogP contribution in [0, 0.1) is 0 Å². The second-order valence-electron chi connectivity index (χ2n) is 5.40. The molecule has 0 bridgehead atoms. The first-order chi connectivity index (χ1) is 8.79. The van der Waals surface area contributed by atoms with Gasteiger partial charge in [-0.05, 0) is 32.4 Å². The molecule has 0 aromatic rings. The van der Waals surface area contributed by atoms with Gasteiger partial charge >= 0.3 is 6.03 Å². The molecular weight excluding hydrogens is 228 g/mol. The van der Waals surface area contributed by atoms with Gasteiger partial charge in [0.05, 0.1) is 0 Å². The number of piperazine rings is 1. The highest BCUT2D eigenvalue weighted by atomic mass is 16.2. The fourth-order valence-corrected chi connectivity index (χ4v) is 2.83. The molecule has 0 atom stereocenters. The Balaban J connectivity index is 1.66. The van der Waals surface area contributed by atoms with Gasteiger partial charge in [-0.15, -0.1) is 0 Å². The molecule has 2 aliphatic rings. The predicted octanol–water partition coefficient (Wildman–Crippen LogP) is 0.605. The third-order valence-electron chi connectivity index (χ3n) is 4.02. The van der Waals surface area contributed by atoms with Crippen molar-refractivity contribution < 1.29 is 4.79 Å². The van der Waals surface area contributed by atoms with Gasteiger partial charge in [0, 0.05) is 32.2 Å². The van der Waals surface area contributed by atoms with E-state index in [-0.39, 0.29) is 6.03 Å². The Bertz CT molecular complexity index is 258. The highest BCUT2D eigenvalue weighted by molar-refractivity contribution is 5.74. The van der Waals surface area contributed by atoms with Crippen LogP contribution in [0.3, 0.4) is 0 Å². The Kier molecular flexibility index (Phi) is 5.26. The minimum absolute atomic E-state index is 0.139. The van der Waals surface area contributed by atoms with Crippen LogP contribution in [0.25, 0.3) is 0 Å². The molecule has 3 N–H and O–H groups in total. The summed E-state index contributed by atoms with van der Waals surface area (Å²) in [6.45, 7) is 5.49. The number of carbonyl (C=O) groups is 1. The van der Waals surface area contributed by atoms with Gasteiger partial charge in [0.25, 0.3) is 0 Å². The molecule has 2 amide bonds. The largest absolute Gasteiger partial charge is 0.335 e. The quantitative estimate of drug-likeness (QED) is 0.772. The summed E-state index contributed by atoms with van der Waals surface area (Å²) < 4.78 is 0. The number of hydrogen-bond donors (Lipinski definition) is 2. The third-order valence-corrected chi connectivity index (χ3v) is 4.02. The first-order valence-corrected chi connectivity index (χ1v) is 7.27. The summed E-state index contributed by atoms with van der Waals surface area (Å²) in [6.07, 6.45) is 5.88. The molecule has 104 valence electrons. The minimum Gasteiger partial charge on any atom is -0.335 e. The molecule has 0 radical (unpaired) electrons. The number of nitrogens with zero attached hydrogens (tertiary/aromatic N) is 2. The zero-order chi connectivity index (χ0) is 12.8. The van der Waals surface area contributed by atoms with Crippen LogP contribution >= 0.6 is 0 Å². The number of nitrogens with one attached hydrogen (secondary N) is 1. The van der Waals surface area contributed by atoms with Gasteiger partial charge in [-0.1, -0.05) is 12.8 Å². The van der Waals surface area contributed by atoms with Gasteiger partial charge in [0.1, 0.15) is 0 Å². The second kappa shape index (κ2) is 6.95. The van der Waals surface area contributed by atoms with E-state index in [0.29, 0.717) is 6.04 Å². The van der Waals surface area contributed by atoms with Crippen molar-refractivity contribution in [1.29, 1.82) is 0 Å². The van der Waals surface area contributed by atoms with Crippen molar-refractivity contribution in [3.63, 3.8) is 0 Å². The topological polar surface area (TPSA) is 61.6 Å². The van der Waals surface area contributed by atoms with Crippen LogP contribution < -0.4 is 11.1 Å². The molecule has 0 aromatic heterocycles. The van der Waals surface area contributed by atoms with E-state index in [1.165, 1.54) is 12.8 Å². The fourth-order valence-electron chi connectivity index (χ4n) is 2.83. The standard InChI is InChI=1S/C13H26N4O/c14-6-3-7-16-8-10-17(11-9-16)13(18)15-12-4-1-2-5-12/h12H,1-11,14H2,(H,15,18). The average Bonchev–Trinajstić information content (AvgIpc) is 2.89. The summed E-state index contributed by atoms with van der Waals surface area (Å²) in [5, 5.41) is 3.16. The summed E-state index contributed by atoms with van der Waals surface area (Å²) in [7, 11) is 0. The smallest absolute Gasteiger partial charge is 0.317 e. The lowest BCUT2D eigenvalue weighted by Gasteiger charge is -2.35. The van der Waals surface area contributed by atoms with Crippen molar-refractivity contribution in [1.82, 2.24) is 15.1 Å². The summed E-state index contributed by atoms with van der Waals surface area (Å²) in [6, 6.07) is 0.563. The van der Waals surface area contributed by atoms with Gasteiger partial charge in [-0.2, -0.15) is 0 Å². The van der Waals surface area contributed by atoms with Gasteiger partial charge in [-0.25, -0.2) is 4.79 Å². The maximum Gasteiger partial charge on any atom is 0.317 e. The fraction of sp³-hybridized carbons (Fsp3) is 0.923. The molecule has 1 saturated heterocycles. The zero-order valence-corrected chi connectivity index (χ0v) is 11.2. The van der Waals surface area contributed by atoms with E-state index in [2.05, 4.69) is 10.2 Å². The van der Waals surface area contributed by atoms with E-state index in [4.69, 9.17) is 5.73 Å². The Morgan fingerprint density at radius 3 is 2.44 bits per heavy atom. The highest BCUT2D eigenvalue weighted by Crippen LogP contribution is 2.18. The van der Waals surface area contributed by atoms with E-state index in [1.807, 2.05) is 4.90 Å². The number of carbonyl (C=O) groups excluding carboxylic acids is 1. The molecule has 1 heterocycles. The molecule has 0 aromatic carbocycles. The number of amides is 2. The minimum atomic E-state index is 0.139. The summed E-state index contributed by atoms with van der Waals surface area (Å²) >= 11 is 0. The van der Waals surface area contributed by atoms with Crippen LogP contribution in [-0.4, -0.2) is 61.1 Å². The Labute approximate surface area is 110 Å². The van der Waals surface area contributed by atoms with E-state index in [0.717, 1.165) is 58.5 Å².